The Labute approximate surface area is 317 Å². The van der Waals surface area contributed by atoms with Crippen molar-refractivity contribution in [2.24, 2.45) is 0 Å². The molecule has 0 aliphatic heterocycles. The molecule has 0 atom stereocenters. The number of fused-ring (bicyclic) bond motifs is 5. The summed E-state index contributed by atoms with van der Waals surface area (Å²) in [6.45, 7) is 4.62. The van der Waals surface area contributed by atoms with E-state index in [0.717, 1.165) is 11.8 Å². The monoisotopic (exact) mass is 771 g/mol. The van der Waals surface area contributed by atoms with E-state index in [2.05, 4.69) is 157 Å². The number of benzene rings is 5. The van der Waals surface area contributed by atoms with E-state index in [1.165, 1.54) is 97.0 Å². The summed E-state index contributed by atoms with van der Waals surface area (Å²) < 4.78 is 2.43. The van der Waals surface area contributed by atoms with Crippen LogP contribution in [0.25, 0.3) is 60.2 Å². The largest absolute Gasteiger partial charge is 0.318 e. The molecule has 0 amide bonds. The predicted octanol–water partition coefficient (Wildman–Crippen LogP) is 13.3. The topological polar surface area (TPSA) is 4.93 Å². The third-order valence-corrected chi connectivity index (χ3v) is 9.53. The summed E-state index contributed by atoms with van der Waals surface area (Å²) in [6.07, 6.45) is 5.44. The summed E-state index contributed by atoms with van der Waals surface area (Å²) in [5, 5.41) is 8.18. The SMILES string of the molecule is C[Si](C)=[Zr+2].Cl.Cl.c1cc(-n2c3ccccc3c3ccccc32)c2cc(C3CC3)[cH-]c2c1.c1ccc(-c2cccc3[cH-]c(C4CC4)cc23)cc1. The number of rotatable bonds is 4. The minimum absolute atomic E-state index is 0. The molecule has 2 aliphatic rings. The second kappa shape index (κ2) is 15.4. The van der Waals surface area contributed by atoms with E-state index in [-0.39, 0.29) is 30.2 Å². The summed E-state index contributed by atoms with van der Waals surface area (Å²) in [5.74, 6) is 1.62. The molecule has 49 heavy (non-hydrogen) atoms. The van der Waals surface area contributed by atoms with Gasteiger partial charge in [0, 0.05) is 16.5 Å². The molecule has 1 heterocycles. The molecule has 0 N–H and O–H groups in total. The van der Waals surface area contributed by atoms with Gasteiger partial charge in [-0.1, -0.05) is 84.4 Å². The van der Waals surface area contributed by atoms with Crippen LogP contribution in [0.2, 0.25) is 13.1 Å². The fraction of sp³-hybridized carbons (Fsp3) is 0.182. The van der Waals surface area contributed by atoms with Crippen LogP contribution in [0.4, 0.5) is 0 Å². The maximum Gasteiger partial charge on any atom is 0.0532 e. The molecule has 0 saturated heterocycles. The first-order chi connectivity index (χ1) is 23.0. The van der Waals surface area contributed by atoms with Crippen LogP contribution in [0.15, 0.2) is 140 Å². The zero-order chi connectivity index (χ0) is 31.9. The van der Waals surface area contributed by atoms with Gasteiger partial charge in [0.2, 0.25) is 0 Å². The molecule has 2 saturated carbocycles. The van der Waals surface area contributed by atoms with Crippen LogP contribution in [0.1, 0.15) is 48.6 Å². The normalized spacial score (nSPS) is 13.6. The van der Waals surface area contributed by atoms with E-state index in [1.54, 1.807) is 23.3 Å². The van der Waals surface area contributed by atoms with Gasteiger partial charge in [0.05, 0.1) is 11.0 Å². The molecule has 0 unspecified atom stereocenters. The zero-order valence-corrected chi connectivity index (χ0v) is 33.1. The van der Waals surface area contributed by atoms with Crippen molar-refractivity contribution in [3.05, 3.63) is 151 Å². The van der Waals surface area contributed by atoms with E-state index in [9.17, 15) is 0 Å². The van der Waals surface area contributed by atoms with E-state index >= 15 is 0 Å². The number of hydrogen-bond acceptors (Lipinski definition) is 0. The average Bonchev–Trinajstić information content (AvgIpc) is 4.02. The van der Waals surface area contributed by atoms with Crippen molar-refractivity contribution in [2.75, 3.05) is 0 Å². The van der Waals surface area contributed by atoms with Crippen LogP contribution in [-0.2, 0) is 23.3 Å². The van der Waals surface area contributed by atoms with Gasteiger partial charge in [0.25, 0.3) is 0 Å². The minimum atomic E-state index is 0. The summed E-state index contributed by atoms with van der Waals surface area (Å²) in [7, 11) is 0. The van der Waals surface area contributed by atoms with Crippen molar-refractivity contribution in [1.29, 1.82) is 0 Å². The number of hydrogen-bond donors (Lipinski definition) is 0. The van der Waals surface area contributed by atoms with Crippen LogP contribution < -0.4 is 0 Å². The van der Waals surface area contributed by atoms with Gasteiger partial charge < -0.3 is 4.57 Å². The van der Waals surface area contributed by atoms with Crippen LogP contribution >= 0.6 is 24.8 Å². The van der Waals surface area contributed by atoms with Crippen molar-refractivity contribution >= 4 is 73.6 Å². The Morgan fingerprint density at radius 3 is 1.57 bits per heavy atom. The first-order valence-corrected chi connectivity index (χ1v) is 23.2. The van der Waals surface area contributed by atoms with E-state index in [4.69, 9.17) is 0 Å². The van der Waals surface area contributed by atoms with Crippen LogP contribution in [0.5, 0.6) is 0 Å². The molecule has 0 spiro atoms. The number of para-hydroxylation sites is 2. The molecule has 1 nitrogen and oxygen atoms in total. The maximum absolute atomic E-state index is 2.43. The quantitative estimate of drug-likeness (QED) is 0.124. The fourth-order valence-corrected chi connectivity index (χ4v) is 7.05. The molecule has 1 aromatic heterocycles. The number of aromatic nitrogens is 1. The Morgan fingerprint density at radius 1 is 0.551 bits per heavy atom. The Balaban J connectivity index is 0.000000154. The second-order valence-corrected chi connectivity index (χ2v) is 22.8. The van der Waals surface area contributed by atoms with Crippen LogP contribution in [-0.4, -0.2) is 10.0 Å². The standard InChI is InChI=1S/C24H18N.C18H15.C2H6Si.2ClH.Zr/c1-3-9-22-19(7-1)20-8-2-4-10-23(20)25(22)24-11-5-6-17-14-18(15-21(17)24)16-12-13-16;1-2-5-14(6-3-1)17-8-4-7-15-11-16(12-18(15)17)13-9-10-13;1-3-2;;;/h1-11,14-16H,12-13H2;1-8,11-13H,9-10H2;1-2H3;2*1H;/q2*-1;;;;+2. The van der Waals surface area contributed by atoms with Gasteiger partial charge in [-0.05, 0) is 55.2 Å². The smallest absolute Gasteiger partial charge is 0.0532 e. The Kier molecular flexibility index (Phi) is 11.2. The fourth-order valence-electron chi connectivity index (χ4n) is 7.05. The van der Waals surface area contributed by atoms with Gasteiger partial charge in [0.15, 0.2) is 0 Å². The third-order valence-electron chi connectivity index (χ3n) is 9.53. The summed E-state index contributed by atoms with van der Waals surface area (Å²) >= 11 is 1.74. The summed E-state index contributed by atoms with van der Waals surface area (Å²) in [6, 6.07) is 51.1. The second-order valence-electron chi connectivity index (χ2n) is 13.5. The molecule has 10 rings (SSSR count). The van der Waals surface area contributed by atoms with Crippen molar-refractivity contribution in [1.82, 2.24) is 4.57 Å². The Bertz CT molecular complexity index is 2320. The van der Waals surface area contributed by atoms with Crippen molar-refractivity contribution in [3.63, 3.8) is 0 Å². The number of nitrogens with zero attached hydrogens (tertiary/aromatic N) is 1. The van der Waals surface area contributed by atoms with E-state index < -0.39 is 0 Å². The van der Waals surface area contributed by atoms with E-state index in [0.29, 0.717) is 0 Å². The zero-order valence-electron chi connectivity index (χ0n) is 28.0. The average molecular weight is 774 g/mol. The first-order valence-electron chi connectivity index (χ1n) is 17.0. The Morgan fingerprint density at radius 2 is 1.02 bits per heavy atom. The predicted molar refractivity (Wildman–Crippen MR) is 215 cm³/mol. The molecule has 8 aromatic rings. The van der Waals surface area contributed by atoms with Crippen molar-refractivity contribution in [2.45, 2.75) is 50.6 Å². The van der Waals surface area contributed by atoms with Crippen molar-refractivity contribution < 1.29 is 23.3 Å². The van der Waals surface area contributed by atoms with Crippen LogP contribution in [0.3, 0.4) is 0 Å². The van der Waals surface area contributed by atoms with Gasteiger partial charge in [-0.3, -0.25) is 0 Å². The van der Waals surface area contributed by atoms with Crippen LogP contribution in [0, 0.1) is 0 Å². The molecule has 0 radical (unpaired) electrons. The van der Waals surface area contributed by atoms with Gasteiger partial charge in [0.1, 0.15) is 0 Å². The molecule has 2 aliphatic carbocycles. The first kappa shape index (κ1) is 35.6. The third kappa shape index (κ3) is 7.47. The van der Waals surface area contributed by atoms with E-state index in [1.807, 2.05) is 0 Å². The summed E-state index contributed by atoms with van der Waals surface area (Å²) in [5.41, 5.74) is 9.80. The molecule has 0 bridgehead atoms. The van der Waals surface area contributed by atoms with Gasteiger partial charge in [-0.25, -0.2) is 0 Å². The van der Waals surface area contributed by atoms with Gasteiger partial charge in [-0.2, -0.15) is 12.1 Å². The van der Waals surface area contributed by atoms with Crippen molar-refractivity contribution in [3.8, 4) is 16.8 Å². The number of halogens is 2. The minimum Gasteiger partial charge on any atom is -0.318 e. The Hall–Kier alpha value is -3.20. The van der Waals surface area contributed by atoms with Gasteiger partial charge >= 0.3 is 41.9 Å². The maximum atomic E-state index is 2.43. The molecular weight excluding hydrogens is 733 g/mol. The van der Waals surface area contributed by atoms with Gasteiger partial charge in [-0.15, -0.1) is 93.9 Å². The molecule has 7 aromatic carbocycles. The molecule has 244 valence electrons. The molecule has 5 heteroatoms. The molecular formula is C44H41Cl2NSiZr. The summed E-state index contributed by atoms with van der Waals surface area (Å²) in [4.78, 5) is 0. The molecule has 2 fully saturated rings.